The van der Waals surface area contributed by atoms with Crippen molar-refractivity contribution in [3.8, 4) is 0 Å². The molecule has 0 saturated carbocycles. The zero-order valence-electron chi connectivity index (χ0n) is 11.2. The van der Waals surface area contributed by atoms with Crippen molar-refractivity contribution in [2.75, 3.05) is 6.54 Å². The zero-order valence-corrected chi connectivity index (χ0v) is 11.2. The minimum absolute atomic E-state index is 0.123. The summed E-state index contributed by atoms with van der Waals surface area (Å²) >= 11 is 0. The standard InChI is InChI=1S/C15H22N2O/c1-4-14(18)17-11-7-9-12-8-5-6-10-13(12)15(2,3)16/h4-6,8,10H,1,7,9,11,16H2,2-3H3,(H,17,18). The van der Waals surface area contributed by atoms with Gasteiger partial charge in [0.1, 0.15) is 0 Å². The molecule has 0 heterocycles. The van der Waals surface area contributed by atoms with Crippen molar-refractivity contribution in [1.29, 1.82) is 0 Å². The monoisotopic (exact) mass is 246 g/mol. The van der Waals surface area contributed by atoms with Gasteiger partial charge in [-0.1, -0.05) is 30.8 Å². The normalized spacial score (nSPS) is 11.1. The third-order valence-electron chi connectivity index (χ3n) is 2.82. The molecule has 0 saturated heterocycles. The van der Waals surface area contributed by atoms with Gasteiger partial charge in [0, 0.05) is 12.1 Å². The van der Waals surface area contributed by atoms with Crippen LogP contribution in [0.2, 0.25) is 0 Å². The first-order valence-electron chi connectivity index (χ1n) is 6.22. The smallest absolute Gasteiger partial charge is 0.243 e. The van der Waals surface area contributed by atoms with Gasteiger partial charge in [0.25, 0.3) is 0 Å². The van der Waals surface area contributed by atoms with E-state index >= 15 is 0 Å². The molecule has 0 fully saturated rings. The molecule has 0 atom stereocenters. The highest BCUT2D eigenvalue weighted by Gasteiger charge is 2.17. The molecular weight excluding hydrogens is 224 g/mol. The Bertz CT molecular complexity index is 419. The molecule has 18 heavy (non-hydrogen) atoms. The van der Waals surface area contributed by atoms with Crippen LogP contribution in [0.15, 0.2) is 36.9 Å². The molecule has 1 amide bonds. The van der Waals surface area contributed by atoms with E-state index in [0.29, 0.717) is 6.54 Å². The summed E-state index contributed by atoms with van der Waals surface area (Å²) in [6.45, 7) is 8.08. The number of benzene rings is 1. The summed E-state index contributed by atoms with van der Waals surface area (Å²) in [6.07, 6.45) is 3.10. The van der Waals surface area contributed by atoms with E-state index in [9.17, 15) is 4.79 Å². The van der Waals surface area contributed by atoms with E-state index in [1.54, 1.807) is 0 Å². The molecule has 0 radical (unpaired) electrons. The molecule has 1 aromatic carbocycles. The number of hydrogen-bond donors (Lipinski definition) is 2. The number of aryl methyl sites for hydroxylation is 1. The van der Waals surface area contributed by atoms with E-state index in [1.165, 1.54) is 17.2 Å². The molecule has 98 valence electrons. The van der Waals surface area contributed by atoms with Crippen molar-refractivity contribution in [3.63, 3.8) is 0 Å². The molecule has 0 bridgehead atoms. The molecule has 3 N–H and O–H groups in total. The van der Waals surface area contributed by atoms with Crippen LogP contribution in [0.1, 0.15) is 31.4 Å². The van der Waals surface area contributed by atoms with Crippen molar-refractivity contribution >= 4 is 5.91 Å². The Kier molecular flexibility index (Phi) is 5.10. The van der Waals surface area contributed by atoms with Gasteiger partial charge < -0.3 is 11.1 Å². The second-order valence-electron chi connectivity index (χ2n) is 4.98. The summed E-state index contributed by atoms with van der Waals surface area (Å²) in [5, 5.41) is 2.77. The average molecular weight is 246 g/mol. The number of carbonyl (C=O) groups excluding carboxylic acids is 1. The van der Waals surface area contributed by atoms with Gasteiger partial charge in [0.2, 0.25) is 5.91 Å². The first-order chi connectivity index (χ1) is 8.45. The molecule has 1 rings (SSSR count). The highest BCUT2D eigenvalue weighted by molar-refractivity contribution is 5.86. The topological polar surface area (TPSA) is 55.1 Å². The quantitative estimate of drug-likeness (QED) is 0.596. The van der Waals surface area contributed by atoms with Crippen LogP contribution in [0.3, 0.4) is 0 Å². The van der Waals surface area contributed by atoms with Crippen LogP contribution in [0.5, 0.6) is 0 Å². The maximum Gasteiger partial charge on any atom is 0.243 e. The first-order valence-corrected chi connectivity index (χ1v) is 6.22. The summed E-state index contributed by atoms with van der Waals surface area (Å²) in [4.78, 5) is 11.0. The van der Waals surface area contributed by atoms with Gasteiger partial charge in [0.15, 0.2) is 0 Å². The zero-order chi connectivity index (χ0) is 13.6. The first kappa shape index (κ1) is 14.5. The number of nitrogens with one attached hydrogen (secondary N) is 1. The summed E-state index contributed by atoms with van der Waals surface area (Å²) < 4.78 is 0. The van der Waals surface area contributed by atoms with E-state index in [1.807, 2.05) is 26.0 Å². The summed E-state index contributed by atoms with van der Waals surface area (Å²) in [6, 6.07) is 8.19. The van der Waals surface area contributed by atoms with E-state index in [4.69, 9.17) is 5.73 Å². The van der Waals surface area contributed by atoms with E-state index in [-0.39, 0.29) is 11.4 Å². The highest BCUT2D eigenvalue weighted by atomic mass is 16.1. The second-order valence-corrected chi connectivity index (χ2v) is 4.98. The van der Waals surface area contributed by atoms with Gasteiger partial charge in [-0.3, -0.25) is 4.79 Å². The Morgan fingerprint density at radius 1 is 1.44 bits per heavy atom. The molecule has 0 aliphatic rings. The van der Waals surface area contributed by atoms with E-state index in [2.05, 4.69) is 24.0 Å². The lowest BCUT2D eigenvalue weighted by atomic mass is 9.89. The number of carbonyl (C=O) groups is 1. The van der Waals surface area contributed by atoms with Gasteiger partial charge >= 0.3 is 0 Å². The number of rotatable bonds is 6. The van der Waals surface area contributed by atoms with Crippen LogP contribution in [-0.2, 0) is 16.8 Å². The maximum absolute atomic E-state index is 11.0. The number of nitrogens with two attached hydrogens (primary N) is 1. The van der Waals surface area contributed by atoms with Crippen LogP contribution in [0.4, 0.5) is 0 Å². The van der Waals surface area contributed by atoms with E-state index in [0.717, 1.165) is 12.8 Å². The van der Waals surface area contributed by atoms with Crippen molar-refractivity contribution in [1.82, 2.24) is 5.32 Å². The summed E-state index contributed by atoms with van der Waals surface area (Å²) in [5.74, 6) is -0.123. The molecule has 3 nitrogen and oxygen atoms in total. The van der Waals surface area contributed by atoms with Crippen LogP contribution < -0.4 is 11.1 Å². The molecule has 0 unspecified atom stereocenters. The Hall–Kier alpha value is -1.61. The van der Waals surface area contributed by atoms with Crippen LogP contribution in [0.25, 0.3) is 0 Å². The van der Waals surface area contributed by atoms with Crippen LogP contribution in [-0.4, -0.2) is 12.5 Å². The summed E-state index contributed by atoms with van der Waals surface area (Å²) in [7, 11) is 0. The predicted molar refractivity (Wildman–Crippen MR) is 75.2 cm³/mol. The van der Waals surface area contributed by atoms with Gasteiger partial charge in [-0.2, -0.15) is 0 Å². The molecule has 0 spiro atoms. The molecular formula is C15H22N2O. The Labute approximate surface area is 109 Å². The van der Waals surface area contributed by atoms with Gasteiger partial charge in [0.05, 0.1) is 0 Å². The van der Waals surface area contributed by atoms with Crippen molar-refractivity contribution in [3.05, 3.63) is 48.0 Å². The molecule has 0 aromatic heterocycles. The molecule has 0 aliphatic heterocycles. The minimum atomic E-state index is -0.332. The minimum Gasteiger partial charge on any atom is -0.353 e. The van der Waals surface area contributed by atoms with Gasteiger partial charge in [-0.15, -0.1) is 0 Å². The highest BCUT2D eigenvalue weighted by Crippen LogP contribution is 2.22. The Balaban J connectivity index is 2.57. The lowest BCUT2D eigenvalue weighted by Gasteiger charge is -2.22. The fourth-order valence-electron chi connectivity index (χ4n) is 1.93. The average Bonchev–Trinajstić information content (AvgIpc) is 2.33. The van der Waals surface area contributed by atoms with Crippen LogP contribution >= 0.6 is 0 Å². The summed E-state index contributed by atoms with van der Waals surface area (Å²) in [5.41, 5.74) is 8.23. The van der Waals surface area contributed by atoms with Crippen molar-refractivity contribution < 1.29 is 4.79 Å². The van der Waals surface area contributed by atoms with Gasteiger partial charge in [-0.05, 0) is 43.9 Å². The van der Waals surface area contributed by atoms with Crippen molar-refractivity contribution in [2.24, 2.45) is 5.73 Å². The lowest BCUT2D eigenvalue weighted by molar-refractivity contribution is -0.116. The number of hydrogen-bond acceptors (Lipinski definition) is 2. The third kappa shape index (κ3) is 4.34. The van der Waals surface area contributed by atoms with Crippen molar-refractivity contribution in [2.45, 2.75) is 32.2 Å². The number of amides is 1. The van der Waals surface area contributed by atoms with Gasteiger partial charge in [-0.25, -0.2) is 0 Å². The molecule has 0 aliphatic carbocycles. The third-order valence-corrected chi connectivity index (χ3v) is 2.82. The Morgan fingerprint density at radius 3 is 2.72 bits per heavy atom. The Morgan fingerprint density at radius 2 is 2.11 bits per heavy atom. The fraction of sp³-hybridized carbons (Fsp3) is 0.400. The maximum atomic E-state index is 11.0. The largest absolute Gasteiger partial charge is 0.353 e. The SMILES string of the molecule is C=CC(=O)NCCCc1ccccc1C(C)(C)N. The predicted octanol–water partition coefficient (Wildman–Crippen LogP) is 2.12. The van der Waals surface area contributed by atoms with E-state index < -0.39 is 0 Å². The molecule has 3 heteroatoms. The fourth-order valence-corrected chi connectivity index (χ4v) is 1.93. The molecule has 1 aromatic rings. The van der Waals surface area contributed by atoms with Crippen LogP contribution in [0, 0.1) is 0 Å². The second kappa shape index (κ2) is 6.36. The lowest BCUT2D eigenvalue weighted by Crippen LogP contribution is -2.30.